The summed E-state index contributed by atoms with van der Waals surface area (Å²) in [4.78, 5) is 13.1. The van der Waals surface area contributed by atoms with Crippen molar-refractivity contribution in [3.63, 3.8) is 0 Å². The monoisotopic (exact) mass is 930 g/mol. The Kier molecular flexibility index (Phi) is 35.1. The molecule has 0 aliphatic carbocycles. The second-order valence-electron chi connectivity index (χ2n) is 18.6. The number of hydrogen-bond donors (Lipinski definition) is 9. The highest BCUT2D eigenvalue weighted by Crippen LogP contribution is 2.30. The van der Waals surface area contributed by atoms with E-state index < -0.39 is 86.8 Å². The molecule has 12 atom stereocenters. The van der Waals surface area contributed by atoms with E-state index in [0.717, 1.165) is 38.5 Å². The van der Waals surface area contributed by atoms with Crippen LogP contribution in [0.4, 0.5) is 0 Å². The highest BCUT2D eigenvalue weighted by Gasteiger charge is 2.51. The minimum Gasteiger partial charge on any atom is -0.394 e. The van der Waals surface area contributed by atoms with E-state index in [1.54, 1.807) is 6.08 Å². The lowest BCUT2D eigenvalue weighted by molar-refractivity contribution is -0.359. The average Bonchev–Trinajstić information content (AvgIpc) is 3.30. The Bertz CT molecular complexity index is 1190. The average molecular weight is 930 g/mol. The van der Waals surface area contributed by atoms with Crippen LogP contribution in [0.25, 0.3) is 0 Å². The predicted molar refractivity (Wildman–Crippen MR) is 254 cm³/mol. The topological polar surface area (TPSA) is 228 Å². The summed E-state index contributed by atoms with van der Waals surface area (Å²) in [6, 6.07) is -0.924. The van der Waals surface area contributed by atoms with Crippen LogP contribution >= 0.6 is 0 Å². The molecule has 2 aliphatic rings. The summed E-state index contributed by atoms with van der Waals surface area (Å²) in [6.45, 7) is 2.66. The van der Waals surface area contributed by atoms with Crippen LogP contribution < -0.4 is 5.32 Å². The molecule has 2 heterocycles. The number of hydrogen-bond acceptors (Lipinski definition) is 13. The quantitative estimate of drug-likeness (QED) is 0.0225. The zero-order valence-corrected chi connectivity index (χ0v) is 40.5. The van der Waals surface area contributed by atoms with Crippen LogP contribution in [0.3, 0.4) is 0 Å². The van der Waals surface area contributed by atoms with E-state index in [4.69, 9.17) is 18.9 Å². The number of rotatable bonds is 40. The number of carbonyl (C=O) groups is 1. The lowest BCUT2D eigenvalue weighted by Gasteiger charge is -2.46. The maximum absolute atomic E-state index is 13.1. The molecule has 2 saturated heterocycles. The first-order valence-electron chi connectivity index (χ1n) is 26.1. The molecule has 2 rings (SSSR count). The van der Waals surface area contributed by atoms with Gasteiger partial charge in [-0.2, -0.15) is 0 Å². The van der Waals surface area contributed by atoms with Crippen molar-refractivity contribution in [1.29, 1.82) is 0 Å². The molecule has 0 spiro atoms. The first-order valence-corrected chi connectivity index (χ1v) is 26.1. The van der Waals surface area contributed by atoms with E-state index in [9.17, 15) is 45.6 Å². The molecule has 0 radical (unpaired) electrons. The van der Waals surface area contributed by atoms with Gasteiger partial charge in [-0.1, -0.05) is 192 Å². The highest BCUT2D eigenvalue weighted by molar-refractivity contribution is 5.76. The van der Waals surface area contributed by atoms with Crippen molar-refractivity contribution in [3.8, 4) is 0 Å². The predicted octanol–water partition coefficient (Wildman–Crippen LogP) is 6.94. The van der Waals surface area contributed by atoms with Gasteiger partial charge in [0.05, 0.1) is 32.0 Å². The van der Waals surface area contributed by atoms with Crippen molar-refractivity contribution in [2.24, 2.45) is 0 Å². The van der Waals surface area contributed by atoms with E-state index in [1.165, 1.54) is 128 Å². The minimum absolute atomic E-state index is 0.251. The van der Waals surface area contributed by atoms with Crippen LogP contribution in [-0.4, -0.2) is 140 Å². The Labute approximate surface area is 392 Å². The van der Waals surface area contributed by atoms with E-state index >= 15 is 0 Å². The number of carbonyl (C=O) groups excluding carboxylic acids is 1. The molecule has 12 unspecified atom stereocenters. The molecule has 0 aromatic heterocycles. The second-order valence-corrected chi connectivity index (χ2v) is 18.6. The smallest absolute Gasteiger partial charge is 0.220 e. The van der Waals surface area contributed by atoms with Gasteiger partial charge in [-0.25, -0.2) is 0 Å². The summed E-state index contributed by atoms with van der Waals surface area (Å²) in [5.41, 5.74) is 0. The fraction of sp³-hybridized carbons (Fsp3) is 0.902. The second kappa shape index (κ2) is 38.3. The SMILES string of the molecule is CCC/C=C/CC/C=C/C(O)C(COC1OC(CO)C(OC2OC(CO)C(O)C(O)C2O)C(O)C1O)NC(=O)CCCCCCCCCCCCCCCCCCCCCCCCCC. The van der Waals surface area contributed by atoms with E-state index in [-0.39, 0.29) is 18.9 Å². The zero-order chi connectivity index (χ0) is 47.5. The van der Waals surface area contributed by atoms with E-state index in [0.29, 0.717) is 12.8 Å². The van der Waals surface area contributed by atoms with Gasteiger partial charge in [-0.15, -0.1) is 0 Å². The fourth-order valence-corrected chi connectivity index (χ4v) is 8.61. The number of aliphatic hydroxyl groups is 8. The molecular weight excluding hydrogens is 835 g/mol. The van der Waals surface area contributed by atoms with Gasteiger partial charge in [-0.3, -0.25) is 4.79 Å². The standard InChI is InChI=1S/C51H95NO13/c1-3-5-7-9-11-12-13-14-15-16-17-18-19-20-21-22-23-24-25-26-27-29-31-33-35-43(56)52-39(40(55)34-32-30-28-10-8-6-4-2)38-62-50-48(61)46(59)49(42(37-54)64-50)65-51-47(60)45(58)44(57)41(36-53)63-51/h8,10,32,34,39-42,44-51,53-55,57-61H,3-7,9,11-31,33,35-38H2,1-2H3,(H,52,56)/b10-8+,34-32+. The molecule has 0 aromatic rings. The molecule has 9 N–H and O–H groups in total. The Morgan fingerprint density at radius 2 is 0.985 bits per heavy atom. The third kappa shape index (κ3) is 25.6. The highest BCUT2D eigenvalue weighted by atomic mass is 16.7. The summed E-state index contributed by atoms with van der Waals surface area (Å²) in [7, 11) is 0. The largest absolute Gasteiger partial charge is 0.394 e. The Morgan fingerprint density at radius 1 is 0.538 bits per heavy atom. The summed E-state index contributed by atoms with van der Waals surface area (Å²) in [5, 5.41) is 86.4. The summed E-state index contributed by atoms with van der Waals surface area (Å²) in [6.07, 6.45) is 25.6. The number of nitrogens with one attached hydrogen (secondary N) is 1. The number of ether oxygens (including phenoxy) is 4. The van der Waals surface area contributed by atoms with Crippen LogP contribution in [-0.2, 0) is 23.7 Å². The summed E-state index contributed by atoms with van der Waals surface area (Å²) >= 11 is 0. The number of amides is 1. The Balaban J connectivity index is 1.69. The molecule has 0 bridgehead atoms. The minimum atomic E-state index is -1.79. The molecule has 2 fully saturated rings. The first-order chi connectivity index (χ1) is 31.6. The van der Waals surface area contributed by atoms with Gasteiger partial charge < -0.3 is 65.1 Å². The van der Waals surface area contributed by atoms with Gasteiger partial charge in [0, 0.05) is 6.42 Å². The van der Waals surface area contributed by atoms with Gasteiger partial charge in [0.2, 0.25) is 5.91 Å². The molecule has 14 nitrogen and oxygen atoms in total. The molecule has 14 heteroatoms. The van der Waals surface area contributed by atoms with E-state index in [2.05, 4.69) is 31.3 Å². The number of aliphatic hydroxyl groups excluding tert-OH is 8. The molecule has 382 valence electrons. The van der Waals surface area contributed by atoms with Crippen molar-refractivity contribution >= 4 is 5.91 Å². The molecule has 0 saturated carbocycles. The van der Waals surface area contributed by atoms with Crippen molar-refractivity contribution in [1.82, 2.24) is 5.32 Å². The van der Waals surface area contributed by atoms with Gasteiger partial charge in [-0.05, 0) is 25.7 Å². The Hall–Kier alpha value is -1.53. The maximum Gasteiger partial charge on any atom is 0.220 e. The van der Waals surface area contributed by atoms with Crippen LogP contribution in [0.1, 0.15) is 200 Å². The number of allylic oxidation sites excluding steroid dienone is 3. The normalized spacial score (nSPS) is 27.2. The van der Waals surface area contributed by atoms with Gasteiger partial charge >= 0.3 is 0 Å². The molecule has 65 heavy (non-hydrogen) atoms. The third-order valence-corrected chi connectivity index (χ3v) is 12.9. The maximum atomic E-state index is 13.1. The Morgan fingerprint density at radius 3 is 1.48 bits per heavy atom. The van der Waals surface area contributed by atoms with Crippen molar-refractivity contribution < 1.29 is 64.6 Å². The molecular formula is C51H95NO13. The fourth-order valence-electron chi connectivity index (χ4n) is 8.61. The molecule has 2 aliphatic heterocycles. The van der Waals surface area contributed by atoms with Crippen LogP contribution in [0, 0.1) is 0 Å². The summed E-state index contributed by atoms with van der Waals surface area (Å²) in [5.74, 6) is -0.251. The molecule has 1 amide bonds. The van der Waals surface area contributed by atoms with Gasteiger partial charge in [0.1, 0.15) is 48.8 Å². The first kappa shape index (κ1) is 59.6. The summed E-state index contributed by atoms with van der Waals surface area (Å²) < 4.78 is 22.6. The lowest BCUT2D eigenvalue weighted by Crippen LogP contribution is -2.65. The van der Waals surface area contributed by atoms with E-state index in [1.807, 2.05) is 6.08 Å². The van der Waals surface area contributed by atoms with Crippen LogP contribution in [0.5, 0.6) is 0 Å². The van der Waals surface area contributed by atoms with Gasteiger partial charge in [0.15, 0.2) is 12.6 Å². The van der Waals surface area contributed by atoms with Crippen molar-refractivity contribution in [2.75, 3.05) is 19.8 Å². The third-order valence-electron chi connectivity index (χ3n) is 12.9. The van der Waals surface area contributed by atoms with Gasteiger partial charge in [0.25, 0.3) is 0 Å². The van der Waals surface area contributed by atoms with Crippen LogP contribution in [0.15, 0.2) is 24.3 Å². The number of unbranched alkanes of at least 4 members (excludes halogenated alkanes) is 25. The zero-order valence-electron chi connectivity index (χ0n) is 40.5. The van der Waals surface area contributed by atoms with Crippen molar-refractivity contribution in [3.05, 3.63) is 24.3 Å². The molecule has 0 aromatic carbocycles. The van der Waals surface area contributed by atoms with Crippen LogP contribution in [0.2, 0.25) is 0 Å². The van der Waals surface area contributed by atoms with Crippen molar-refractivity contribution in [2.45, 2.75) is 274 Å². The lowest BCUT2D eigenvalue weighted by atomic mass is 9.97.